The minimum Gasteiger partial charge on any atom is -0.465 e. The van der Waals surface area contributed by atoms with Crippen molar-refractivity contribution in [1.82, 2.24) is 0 Å². The molecule has 1 unspecified atom stereocenters. The Morgan fingerprint density at radius 3 is 2.80 bits per heavy atom. The van der Waals surface area contributed by atoms with Crippen molar-refractivity contribution >= 4 is 5.97 Å². The fourth-order valence-corrected chi connectivity index (χ4v) is 0.587. The maximum Gasteiger partial charge on any atom is 0.322 e. The van der Waals surface area contributed by atoms with Crippen LogP contribution < -0.4 is 5.73 Å². The van der Waals surface area contributed by atoms with Gasteiger partial charge >= 0.3 is 5.97 Å². The highest BCUT2D eigenvalue weighted by molar-refractivity contribution is 5.75. The minimum atomic E-state index is -0.488. The lowest BCUT2D eigenvalue weighted by molar-refractivity contribution is -0.144. The van der Waals surface area contributed by atoms with Crippen LogP contribution in [0.25, 0.3) is 0 Å². The number of carbonyl (C=O) groups is 1. The van der Waals surface area contributed by atoms with Crippen molar-refractivity contribution in [3.05, 3.63) is 6.92 Å². The first-order chi connectivity index (χ1) is 4.72. The highest BCUT2D eigenvalue weighted by atomic mass is 16.5. The van der Waals surface area contributed by atoms with E-state index in [0.717, 1.165) is 0 Å². The van der Waals surface area contributed by atoms with Gasteiger partial charge in [0.1, 0.15) is 6.04 Å². The fourth-order valence-electron chi connectivity index (χ4n) is 0.587. The van der Waals surface area contributed by atoms with Gasteiger partial charge in [0.15, 0.2) is 0 Å². The quantitative estimate of drug-likeness (QED) is 0.584. The van der Waals surface area contributed by atoms with Gasteiger partial charge in [0, 0.05) is 0 Å². The third-order valence-corrected chi connectivity index (χ3v) is 1.10. The molecule has 0 spiro atoms. The van der Waals surface area contributed by atoms with Crippen LogP contribution in [0.4, 0.5) is 0 Å². The van der Waals surface area contributed by atoms with Crippen molar-refractivity contribution in [2.24, 2.45) is 5.73 Å². The van der Waals surface area contributed by atoms with E-state index in [4.69, 9.17) is 5.73 Å². The Morgan fingerprint density at radius 1 is 1.80 bits per heavy atom. The molecule has 0 aliphatic heterocycles. The molecule has 0 aliphatic carbocycles. The third-order valence-electron chi connectivity index (χ3n) is 1.10. The summed E-state index contributed by atoms with van der Waals surface area (Å²) in [6, 6.07) is -0.488. The molecule has 1 atom stereocenters. The highest BCUT2D eigenvalue weighted by Crippen LogP contribution is 1.94. The molecule has 0 heterocycles. The zero-order valence-electron chi connectivity index (χ0n) is 6.30. The Morgan fingerprint density at radius 2 is 2.40 bits per heavy atom. The first kappa shape index (κ1) is 9.43. The highest BCUT2D eigenvalue weighted by Gasteiger charge is 2.11. The molecule has 0 fully saturated rings. The van der Waals surface area contributed by atoms with Crippen molar-refractivity contribution in [3.8, 4) is 0 Å². The van der Waals surface area contributed by atoms with Gasteiger partial charge in [-0.2, -0.15) is 0 Å². The average Bonchev–Trinajstić information content (AvgIpc) is 1.89. The molecule has 0 saturated carbocycles. The molecule has 0 saturated heterocycles. The summed E-state index contributed by atoms with van der Waals surface area (Å²) in [5, 5.41) is 0. The van der Waals surface area contributed by atoms with Crippen molar-refractivity contribution in [2.75, 3.05) is 6.61 Å². The van der Waals surface area contributed by atoms with E-state index in [1.54, 1.807) is 6.92 Å². The summed E-state index contributed by atoms with van der Waals surface area (Å²) in [7, 11) is 0. The topological polar surface area (TPSA) is 52.3 Å². The van der Waals surface area contributed by atoms with Gasteiger partial charge < -0.3 is 10.5 Å². The van der Waals surface area contributed by atoms with Gasteiger partial charge in [-0.05, 0) is 13.3 Å². The van der Waals surface area contributed by atoms with Crippen LogP contribution in [-0.4, -0.2) is 18.6 Å². The Bertz CT molecular complexity index is 104. The first-order valence-electron chi connectivity index (χ1n) is 3.43. The van der Waals surface area contributed by atoms with Gasteiger partial charge in [-0.25, -0.2) is 0 Å². The summed E-state index contributed by atoms with van der Waals surface area (Å²) in [5.41, 5.74) is 5.40. The second kappa shape index (κ2) is 5.23. The van der Waals surface area contributed by atoms with Crippen LogP contribution in [0.15, 0.2) is 0 Å². The first-order valence-corrected chi connectivity index (χ1v) is 3.43. The SMILES string of the molecule is [CH2]CCC(N)C(=O)OCC. The predicted molar refractivity (Wildman–Crippen MR) is 39.2 cm³/mol. The van der Waals surface area contributed by atoms with Crippen LogP contribution in [-0.2, 0) is 9.53 Å². The molecule has 59 valence electrons. The number of nitrogens with two attached hydrogens (primary N) is 1. The molecule has 2 N–H and O–H groups in total. The second-order valence-corrected chi connectivity index (χ2v) is 2.00. The van der Waals surface area contributed by atoms with Gasteiger partial charge in [-0.15, -0.1) is 0 Å². The lowest BCUT2D eigenvalue weighted by Crippen LogP contribution is -2.31. The van der Waals surface area contributed by atoms with Crippen LogP contribution in [0, 0.1) is 6.92 Å². The fraction of sp³-hybridized carbons (Fsp3) is 0.714. The molecule has 0 rings (SSSR count). The molecular weight excluding hydrogens is 130 g/mol. The lowest BCUT2D eigenvalue weighted by Gasteiger charge is -2.07. The van der Waals surface area contributed by atoms with Crippen molar-refractivity contribution in [2.45, 2.75) is 25.8 Å². The molecular formula is C7H14NO2. The van der Waals surface area contributed by atoms with Crippen LogP contribution >= 0.6 is 0 Å². The van der Waals surface area contributed by atoms with E-state index in [9.17, 15) is 4.79 Å². The molecule has 3 heteroatoms. The van der Waals surface area contributed by atoms with E-state index in [1.807, 2.05) is 0 Å². The van der Waals surface area contributed by atoms with E-state index >= 15 is 0 Å². The molecule has 10 heavy (non-hydrogen) atoms. The Hall–Kier alpha value is -0.570. The maximum absolute atomic E-state index is 10.8. The molecule has 0 amide bonds. The molecule has 0 bridgehead atoms. The van der Waals surface area contributed by atoms with E-state index in [2.05, 4.69) is 11.7 Å². The summed E-state index contributed by atoms with van der Waals surface area (Å²) in [6.07, 6.45) is 1.26. The van der Waals surface area contributed by atoms with Crippen molar-refractivity contribution < 1.29 is 9.53 Å². The number of carbonyl (C=O) groups excluding carboxylic acids is 1. The second-order valence-electron chi connectivity index (χ2n) is 2.00. The van der Waals surface area contributed by atoms with Crippen LogP contribution in [0.1, 0.15) is 19.8 Å². The Labute approximate surface area is 61.5 Å². The van der Waals surface area contributed by atoms with E-state index in [-0.39, 0.29) is 5.97 Å². The summed E-state index contributed by atoms with van der Waals surface area (Å²) < 4.78 is 4.66. The van der Waals surface area contributed by atoms with E-state index < -0.39 is 6.04 Å². The van der Waals surface area contributed by atoms with Gasteiger partial charge in [-0.1, -0.05) is 13.3 Å². The normalized spacial score (nSPS) is 12.7. The van der Waals surface area contributed by atoms with E-state index in [0.29, 0.717) is 19.4 Å². The zero-order valence-corrected chi connectivity index (χ0v) is 6.30. The van der Waals surface area contributed by atoms with Gasteiger partial charge in [0.05, 0.1) is 6.61 Å². The number of hydrogen-bond donors (Lipinski definition) is 1. The largest absolute Gasteiger partial charge is 0.465 e. The molecule has 0 aliphatic rings. The molecule has 0 aromatic carbocycles. The smallest absolute Gasteiger partial charge is 0.322 e. The number of rotatable bonds is 4. The van der Waals surface area contributed by atoms with Crippen LogP contribution in [0.2, 0.25) is 0 Å². The summed E-state index contributed by atoms with van der Waals surface area (Å²) in [4.78, 5) is 10.8. The van der Waals surface area contributed by atoms with Crippen LogP contribution in [0.5, 0.6) is 0 Å². The monoisotopic (exact) mass is 144 g/mol. The van der Waals surface area contributed by atoms with Crippen molar-refractivity contribution in [1.29, 1.82) is 0 Å². The zero-order chi connectivity index (χ0) is 7.98. The van der Waals surface area contributed by atoms with Gasteiger partial charge in [0.2, 0.25) is 0 Å². The third kappa shape index (κ3) is 3.45. The van der Waals surface area contributed by atoms with Gasteiger partial charge in [0.25, 0.3) is 0 Å². The molecule has 3 nitrogen and oxygen atoms in total. The summed E-state index contributed by atoms with van der Waals surface area (Å²) >= 11 is 0. The maximum atomic E-state index is 10.8. The summed E-state index contributed by atoms with van der Waals surface area (Å²) in [5.74, 6) is -0.328. The Balaban J connectivity index is 3.49. The standard InChI is InChI=1S/C7H14NO2/c1-3-5-6(8)7(9)10-4-2/h6H,1,3-5,8H2,2H3. The predicted octanol–water partition coefficient (Wildman–Crippen LogP) is 0.491. The number of ether oxygens (including phenoxy) is 1. The average molecular weight is 144 g/mol. The Kier molecular flexibility index (Phi) is 4.94. The molecule has 1 radical (unpaired) electrons. The summed E-state index contributed by atoms with van der Waals surface area (Å²) in [6.45, 7) is 5.73. The van der Waals surface area contributed by atoms with Gasteiger partial charge in [-0.3, -0.25) is 4.79 Å². The minimum absolute atomic E-state index is 0.328. The van der Waals surface area contributed by atoms with Crippen LogP contribution in [0.3, 0.4) is 0 Å². The number of hydrogen-bond acceptors (Lipinski definition) is 3. The number of esters is 1. The van der Waals surface area contributed by atoms with Crippen molar-refractivity contribution in [3.63, 3.8) is 0 Å². The molecule has 0 aromatic heterocycles. The van der Waals surface area contributed by atoms with E-state index in [1.165, 1.54) is 0 Å². The lowest BCUT2D eigenvalue weighted by atomic mass is 10.2. The molecule has 0 aromatic rings.